The Kier molecular flexibility index (Phi) is 7.23. The summed E-state index contributed by atoms with van der Waals surface area (Å²) in [6.45, 7) is 1.89. The van der Waals surface area contributed by atoms with Crippen molar-refractivity contribution in [3.8, 4) is 0 Å². The lowest BCUT2D eigenvalue weighted by atomic mass is 10.2. The molecule has 1 amide bonds. The number of halogens is 1. The molecule has 0 saturated heterocycles. The summed E-state index contributed by atoms with van der Waals surface area (Å²) in [5, 5.41) is 2.60. The highest BCUT2D eigenvalue weighted by Crippen LogP contribution is 2.25. The average molecular weight is 445 g/mol. The van der Waals surface area contributed by atoms with Gasteiger partial charge in [-0.05, 0) is 48.9 Å². The molecule has 30 heavy (non-hydrogen) atoms. The van der Waals surface area contributed by atoms with Crippen molar-refractivity contribution in [2.24, 2.45) is 0 Å². The van der Waals surface area contributed by atoms with E-state index in [4.69, 9.17) is 0 Å². The van der Waals surface area contributed by atoms with E-state index < -0.39 is 15.1 Å². The van der Waals surface area contributed by atoms with E-state index in [0.29, 0.717) is 10.6 Å². The molecular formula is C22H21FN2O3S2. The third kappa shape index (κ3) is 5.46. The van der Waals surface area contributed by atoms with Crippen molar-refractivity contribution in [1.82, 2.24) is 10.3 Å². The number of nitrogens with one attached hydrogen (secondary N) is 1. The molecule has 1 aromatic heterocycles. The maximum absolute atomic E-state index is 13.0. The number of carbonyl (C=O) groups is 1. The van der Waals surface area contributed by atoms with Crippen molar-refractivity contribution in [3.63, 3.8) is 0 Å². The Morgan fingerprint density at radius 1 is 1.07 bits per heavy atom. The summed E-state index contributed by atoms with van der Waals surface area (Å²) in [4.78, 5) is 17.1. The van der Waals surface area contributed by atoms with Crippen LogP contribution in [0.4, 0.5) is 4.39 Å². The minimum atomic E-state index is -3.47. The van der Waals surface area contributed by atoms with Crippen LogP contribution in [-0.4, -0.2) is 30.3 Å². The minimum absolute atomic E-state index is 0.247. The molecule has 0 saturated carbocycles. The normalized spacial score (nSPS) is 12.3. The predicted molar refractivity (Wildman–Crippen MR) is 116 cm³/mol. The molecule has 0 radical (unpaired) electrons. The van der Waals surface area contributed by atoms with Crippen LogP contribution in [0.2, 0.25) is 0 Å². The fourth-order valence-electron chi connectivity index (χ4n) is 2.69. The summed E-state index contributed by atoms with van der Waals surface area (Å²) in [5.41, 5.74) is 1.14. The number of hydrogen-bond donors (Lipinski definition) is 1. The van der Waals surface area contributed by atoms with Gasteiger partial charge in [-0.1, -0.05) is 30.3 Å². The van der Waals surface area contributed by atoms with E-state index in [1.807, 2.05) is 0 Å². The van der Waals surface area contributed by atoms with E-state index in [-0.39, 0.29) is 28.9 Å². The van der Waals surface area contributed by atoms with Crippen molar-refractivity contribution < 1.29 is 17.6 Å². The quantitative estimate of drug-likeness (QED) is 0.529. The Balaban J connectivity index is 1.66. The summed E-state index contributed by atoms with van der Waals surface area (Å²) in [7, 11) is -3.47. The SMILES string of the molecule is CC(CSc1ncccc1C(=O)NCc1ccc(F)cc1)S(=O)(=O)c1ccccc1. The molecule has 1 unspecified atom stereocenters. The highest BCUT2D eigenvalue weighted by atomic mass is 32.2. The van der Waals surface area contributed by atoms with Crippen LogP contribution in [-0.2, 0) is 16.4 Å². The number of sulfone groups is 1. The fourth-order valence-corrected chi connectivity index (χ4v) is 5.45. The number of nitrogens with zero attached hydrogens (tertiary/aromatic N) is 1. The van der Waals surface area contributed by atoms with Crippen molar-refractivity contribution >= 4 is 27.5 Å². The zero-order chi connectivity index (χ0) is 21.6. The molecule has 1 N–H and O–H groups in total. The summed E-state index contributed by atoms with van der Waals surface area (Å²) < 4.78 is 38.4. The van der Waals surface area contributed by atoms with Crippen molar-refractivity contribution in [3.05, 3.63) is 89.9 Å². The Labute approximate surface area is 179 Å². The highest BCUT2D eigenvalue weighted by Gasteiger charge is 2.24. The van der Waals surface area contributed by atoms with Crippen molar-refractivity contribution in [2.45, 2.75) is 28.6 Å². The van der Waals surface area contributed by atoms with E-state index in [9.17, 15) is 17.6 Å². The maximum Gasteiger partial charge on any atom is 0.254 e. The summed E-state index contributed by atoms with van der Waals surface area (Å²) in [5.74, 6) is -0.406. The van der Waals surface area contributed by atoms with Crippen LogP contribution >= 0.6 is 11.8 Å². The number of aromatic nitrogens is 1. The Morgan fingerprint density at radius 2 is 1.77 bits per heavy atom. The summed E-state index contributed by atoms with van der Waals surface area (Å²) in [6, 6.07) is 17.5. The van der Waals surface area contributed by atoms with Gasteiger partial charge in [-0.15, -0.1) is 11.8 Å². The van der Waals surface area contributed by atoms with E-state index in [1.54, 1.807) is 67.7 Å². The number of benzene rings is 2. The first-order valence-corrected chi connectivity index (χ1v) is 11.8. The molecule has 0 fully saturated rings. The second-order valence-corrected chi connectivity index (χ2v) is 10.0. The lowest BCUT2D eigenvalue weighted by Gasteiger charge is -2.14. The van der Waals surface area contributed by atoms with Gasteiger partial charge < -0.3 is 5.32 Å². The van der Waals surface area contributed by atoms with E-state index >= 15 is 0 Å². The van der Waals surface area contributed by atoms with E-state index in [1.165, 1.54) is 23.9 Å². The minimum Gasteiger partial charge on any atom is -0.348 e. The van der Waals surface area contributed by atoms with Gasteiger partial charge in [0.1, 0.15) is 10.8 Å². The second-order valence-electron chi connectivity index (χ2n) is 6.64. The third-order valence-corrected chi connectivity index (χ3v) is 8.07. The molecule has 0 spiro atoms. The number of pyridine rings is 1. The van der Waals surface area contributed by atoms with Gasteiger partial charge in [0.2, 0.25) is 0 Å². The predicted octanol–water partition coefficient (Wildman–Crippen LogP) is 4.11. The van der Waals surface area contributed by atoms with Gasteiger partial charge in [0.25, 0.3) is 5.91 Å². The lowest BCUT2D eigenvalue weighted by Crippen LogP contribution is -2.24. The highest BCUT2D eigenvalue weighted by molar-refractivity contribution is 8.00. The summed E-state index contributed by atoms with van der Waals surface area (Å²) >= 11 is 1.23. The molecule has 1 atom stereocenters. The monoisotopic (exact) mass is 444 g/mol. The van der Waals surface area contributed by atoms with Crippen LogP contribution in [0.1, 0.15) is 22.8 Å². The molecule has 0 aliphatic rings. The molecule has 5 nitrogen and oxygen atoms in total. The zero-order valence-electron chi connectivity index (χ0n) is 16.3. The van der Waals surface area contributed by atoms with Gasteiger partial charge in [0.15, 0.2) is 9.84 Å². The van der Waals surface area contributed by atoms with Crippen molar-refractivity contribution in [2.75, 3.05) is 5.75 Å². The smallest absolute Gasteiger partial charge is 0.254 e. The number of carbonyl (C=O) groups excluding carboxylic acids is 1. The first-order valence-electron chi connectivity index (χ1n) is 9.27. The van der Waals surface area contributed by atoms with Gasteiger partial charge in [-0.2, -0.15) is 0 Å². The average Bonchev–Trinajstić information content (AvgIpc) is 2.77. The van der Waals surface area contributed by atoms with Crippen LogP contribution in [0.3, 0.4) is 0 Å². The maximum atomic E-state index is 13.0. The van der Waals surface area contributed by atoms with Crippen molar-refractivity contribution in [1.29, 1.82) is 0 Å². The topological polar surface area (TPSA) is 76.1 Å². The first-order chi connectivity index (χ1) is 14.4. The van der Waals surface area contributed by atoms with Gasteiger partial charge in [0, 0.05) is 18.5 Å². The van der Waals surface area contributed by atoms with Gasteiger partial charge in [-0.25, -0.2) is 17.8 Å². The van der Waals surface area contributed by atoms with Gasteiger partial charge in [-0.3, -0.25) is 4.79 Å². The van der Waals surface area contributed by atoms with Crippen LogP contribution in [0.25, 0.3) is 0 Å². The number of amides is 1. The Bertz CT molecular complexity index is 1100. The van der Waals surface area contributed by atoms with E-state index in [0.717, 1.165) is 5.56 Å². The molecule has 3 rings (SSSR count). The molecule has 1 heterocycles. The molecule has 0 bridgehead atoms. The van der Waals surface area contributed by atoms with Crippen LogP contribution in [0, 0.1) is 5.82 Å². The molecule has 0 aliphatic carbocycles. The summed E-state index contributed by atoms with van der Waals surface area (Å²) in [6.07, 6.45) is 1.56. The van der Waals surface area contributed by atoms with Crippen LogP contribution < -0.4 is 5.32 Å². The molecule has 3 aromatic rings. The number of rotatable bonds is 8. The number of thioether (sulfide) groups is 1. The van der Waals surface area contributed by atoms with Crippen LogP contribution in [0.15, 0.2) is 82.8 Å². The Morgan fingerprint density at radius 3 is 2.47 bits per heavy atom. The molecular weight excluding hydrogens is 423 g/mol. The van der Waals surface area contributed by atoms with E-state index in [2.05, 4.69) is 10.3 Å². The second kappa shape index (κ2) is 9.86. The molecule has 8 heteroatoms. The standard InChI is InChI=1S/C22H21FN2O3S2/c1-16(30(27,28)19-6-3-2-4-7-19)15-29-22-20(8-5-13-24-22)21(26)25-14-17-9-11-18(23)12-10-17/h2-13,16H,14-15H2,1H3,(H,25,26). The van der Waals surface area contributed by atoms with Gasteiger partial charge in [0.05, 0.1) is 15.7 Å². The molecule has 2 aromatic carbocycles. The number of hydrogen-bond acceptors (Lipinski definition) is 5. The molecule has 156 valence electrons. The third-order valence-electron chi connectivity index (χ3n) is 4.44. The molecule has 0 aliphatic heterocycles. The first kappa shape index (κ1) is 22.0. The largest absolute Gasteiger partial charge is 0.348 e. The van der Waals surface area contributed by atoms with Gasteiger partial charge >= 0.3 is 0 Å². The fraction of sp³-hybridized carbons (Fsp3) is 0.182. The zero-order valence-corrected chi connectivity index (χ0v) is 17.9. The van der Waals surface area contributed by atoms with Crippen LogP contribution in [0.5, 0.6) is 0 Å². The Hall–Kier alpha value is -2.71. The lowest BCUT2D eigenvalue weighted by molar-refractivity contribution is 0.0947.